The molecule has 7 heteroatoms. The van der Waals surface area contributed by atoms with Gasteiger partial charge in [0, 0.05) is 37.6 Å². The minimum atomic E-state index is -0.212. The highest BCUT2D eigenvalue weighted by atomic mass is 32.1. The molecule has 1 aromatic carbocycles. The van der Waals surface area contributed by atoms with E-state index in [2.05, 4.69) is 21.2 Å². The van der Waals surface area contributed by atoms with E-state index in [4.69, 9.17) is 0 Å². The molecule has 4 rings (SSSR count). The van der Waals surface area contributed by atoms with Crippen LogP contribution in [0.1, 0.15) is 40.8 Å². The van der Waals surface area contributed by atoms with Crippen molar-refractivity contribution in [2.45, 2.75) is 38.6 Å². The van der Waals surface area contributed by atoms with E-state index in [0.717, 1.165) is 74.5 Å². The molecule has 30 heavy (non-hydrogen) atoms. The Morgan fingerprint density at radius 1 is 1.07 bits per heavy atom. The summed E-state index contributed by atoms with van der Waals surface area (Å²) in [5.41, 5.74) is 2.93. The van der Waals surface area contributed by atoms with Crippen LogP contribution in [0.2, 0.25) is 0 Å². The van der Waals surface area contributed by atoms with E-state index in [1.807, 2.05) is 12.1 Å². The Kier molecular flexibility index (Phi) is 6.78. The van der Waals surface area contributed by atoms with Gasteiger partial charge in [0.25, 0.3) is 0 Å². The molecule has 5 nitrogen and oxygen atoms in total. The molecule has 2 aromatic rings. The van der Waals surface area contributed by atoms with Crippen LogP contribution in [0.3, 0.4) is 0 Å². The third-order valence-electron chi connectivity index (χ3n) is 5.94. The molecule has 0 bridgehead atoms. The monoisotopic (exact) mass is 426 g/mol. The number of aryl methyl sites for hydroxylation is 1. The van der Waals surface area contributed by atoms with Gasteiger partial charge in [-0.1, -0.05) is 18.6 Å². The number of hydrogen-bond acceptors (Lipinski definition) is 5. The molecule has 1 aliphatic carbocycles. The van der Waals surface area contributed by atoms with E-state index in [1.165, 1.54) is 23.4 Å². The number of carbonyl (C=O) groups is 1. The van der Waals surface area contributed by atoms with Crippen molar-refractivity contribution in [3.05, 3.63) is 51.7 Å². The first-order chi connectivity index (χ1) is 14.6. The normalized spacial score (nSPS) is 17.7. The number of anilines is 1. The van der Waals surface area contributed by atoms with Gasteiger partial charge in [-0.25, -0.2) is 4.39 Å². The van der Waals surface area contributed by atoms with Gasteiger partial charge in [-0.05, 0) is 48.9 Å². The van der Waals surface area contributed by atoms with E-state index in [1.54, 1.807) is 11.3 Å². The number of amides is 1. The Balaban J connectivity index is 1.28. The molecular weight excluding hydrogens is 399 g/mol. The summed E-state index contributed by atoms with van der Waals surface area (Å²) in [6.45, 7) is 4.54. The number of thiophene rings is 1. The van der Waals surface area contributed by atoms with Gasteiger partial charge in [0.05, 0.1) is 12.1 Å². The van der Waals surface area contributed by atoms with Gasteiger partial charge >= 0.3 is 0 Å². The second kappa shape index (κ2) is 9.69. The highest BCUT2D eigenvalue weighted by Gasteiger charge is 2.23. The summed E-state index contributed by atoms with van der Waals surface area (Å²) in [5.74, 6) is -0.258. The summed E-state index contributed by atoms with van der Waals surface area (Å²) < 4.78 is 13.1. The number of benzene rings is 1. The van der Waals surface area contributed by atoms with Crippen molar-refractivity contribution in [3.8, 4) is 6.07 Å². The number of halogens is 1. The molecule has 158 valence electrons. The van der Waals surface area contributed by atoms with Crippen LogP contribution < -0.4 is 5.32 Å². The molecule has 0 radical (unpaired) electrons. The summed E-state index contributed by atoms with van der Waals surface area (Å²) in [4.78, 5) is 18.4. The average molecular weight is 427 g/mol. The average Bonchev–Trinajstić information content (AvgIpc) is 2.90. The van der Waals surface area contributed by atoms with Crippen molar-refractivity contribution in [1.29, 1.82) is 5.26 Å². The molecule has 2 heterocycles. The van der Waals surface area contributed by atoms with E-state index >= 15 is 0 Å². The first-order valence-electron chi connectivity index (χ1n) is 10.7. The fourth-order valence-corrected chi connectivity index (χ4v) is 5.53. The minimum absolute atomic E-state index is 0.0464. The fourth-order valence-electron chi connectivity index (χ4n) is 4.27. The lowest BCUT2D eigenvalue weighted by atomic mass is 10.1. The second-order valence-electron chi connectivity index (χ2n) is 8.11. The standard InChI is InChI=1S/C23H27FN4OS/c24-18-8-6-17(7-9-18)15-27-10-12-28(13-11-27)16-22(29)26-23-20(14-25)19-4-2-1-3-5-21(19)30-23/h6-9H,1-5,10-13,15-16H2,(H,26,29). The molecule has 1 aliphatic heterocycles. The number of fused-ring (bicyclic) bond motifs is 1. The molecule has 1 amide bonds. The topological polar surface area (TPSA) is 59.4 Å². The molecule has 0 saturated carbocycles. The van der Waals surface area contributed by atoms with Crippen LogP contribution in [0.5, 0.6) is 0 Å². The number of piperazine rings is 1. The van der Waals surface area contributed by atoms with Crippen molar-refractivity contribution in [1.82, 2.24) is 9.80 Å². The third kappa shape index (κ3) is 5.07. The zero-order valence-corrected chi connectivity index (χ0v) is 17.9. The van der Waals surface area contributed by atoms with Crippen LogP contribution in [-0.2, 0) is 24.2 Å². The predicted octanol–water partition coefficient (Wildman–Crippen LogP) is 3.78. The van der Waals surface area contributed by atoms with Crippen LogP contribution in [-0.4, -0.2) is 48.4 Å². The van der Waals surface area contributed by atoms with E-state index in [0.29, 0.717) is 12.1 Å². The zero-order valence-electron chi connectivity index (χ0n) is 17.1. The quantitative estimate of drug-likeness (QED) is 0.739. The lowest BCUT2D eigenvalue weighted by Crippen LogP contribution is -2.48. The maximum atomic E-state index is 13.1. The molecule has 0 unspecified atom stereocenters. The number of nitrogens with zero attached hydrogens (tertiary/aromatic N) is 3. The van der Waals surface area contributed by atoms with E-state index in [-0.39, 0.29) is 11.7 Å². The van der Waals surface area contributed by atoms with Gasteiger partial charge in [-0.15, -0.1) is 11.3 Å². The predicted molar refractivity (Wildman–Crippen MR) is 117 cm³/mol. The lowest BCUT2D eigenvalue weighted by Gasteiger charge is -2.34. The zero-order chi connectivity index (χ0) is 20.9. The van der Waals surface area contributed by atoms with Crippen molar-refractivity contribution in [2.75, 3.05) is 38.0 Å². The molecule has 0 spiro atoms. The Labute approximate surface area is 181 Å². The molecule has 1 aromatic heterocycles. The third-order valence-corrected chi connectivity index (χ3v) is 7.14. The number of rotatable bonds is 5. The molecular formula is C23H27FN4OS. The molecule has 1 fully saturated rings. The van der Waals surface area contributed by atoms with E-state index < -0.39 is 0 Å². The largest absolute Gasteiger partial charge is 0.315 e. The lowest BCUT2D eigenvalue weighted by molar-refractivity contribution is -0.117. The highest BCUT2D eigenvalue weighted by molar-refractivity contribution is 7.16. The Morgan fingerprint density at radius 3 is 2.50 bits per heavy atom. The summed E-state index contributed by atoms with van der Waals surface area (Å²) in [7, 11) is 0. The summed E-state index contributed by atoms with van der Waals surface area (Å²) in [5, 5.41) is 13.4. The van der Waals surface area contributed by atoms with Gasteiger partial charge in [0.15, 0.2) is 0 Å². The van der Waals surface area contributed by atoms with Crippen molar-refractivity contribution in [3.63, 3.8) is 0 Å². The summed E-state index contributed by atoms with van der Waals surface area (Å²) in [6, 6.07) is 8.96. The summed E-state index contributed by atoms with van der Waals surface area (Å²) in [6.07, 6.45) is 5.45. The number of nitrogens with one attached hydrogen (secondary N) is 1. The van der Waals surface area contributed by atoms with Crippen molar-refractivity contribution in [2.24, 2.45) is 0 Å². The summed E-state index contributed by atoms with van der Waals surface area (Å²) >= 11 is 1.58. The maximum Gasteiger partial charge on any atom is 0.239 e. The van der Waals surface area contributed by atoms with Crippen LogP contribution in [0, 0.1) is 17.1 Å². The first-order valence-corrected chi connectivity index (χ1v) is 11.5. The van der Waals surface area contributed by atoms with Crippen molar-refractivity contribution >= 4 is 22.2 Å². The maximum absolute atomic E-state index is 13.1. The molecule has 2 aliphatic rings. The van der Waals surface area contributed by atoms with E-state index in [9.17, 15) is 14.4 Å². The fraction of sp³-hybridized carbons (Fsp3) is 0.478. The Hall–Kier alpha value is -2.27. The smallest absolute Gasteiger partial charge is 0.239 e. The molecule has 0 atom stereocenters. The van der Waals surface area contributed by atoms with Gasteiger partial charge in [0.1, 0.15) is 16.9 Å². The van der Waals surface area contributed by atoms with Crippen LogP contribution in [0.25, 0.3) is 0 Å². The molecule has 1 saturated heterocycles. The number of nitriles is 1. The Morgan fingerprint density at radius 2 is 1.77 bits per heavy atom. The van der Waals surface area contributed by atoms with Crippen LogP contribution >= 0.6 is 11.3 Å². The highest BCUT2D eigenvalue weighted by Crippen LogP contribution is 2.36. The van der Waals surface area contributed by atoms with Gasteiger partial charge in [-0.2, -0.15) is 5.26 Å². The van der Waals surface area contributed by atoms with Gasteiger partial charge < -0.3 is 5.32 Å². The first kappa shape index (κ1) is 21.0. The second-order valence-corrected chi connectivity index (χ2v) is 9.21. The minimum Gasteiger partial charge on any atom is -0.315 e. The van der Waals surface area contributed by atoms with Gasteiger partial charge in [-0.3, -0.25) is 14.6 Å². The SMILES string of the molecule is N#Cc1c(NC(=O)CN2CCN(Cc3ccc(F)cc3)CC2)sc2c1CCCCC2. The number of carbonyl (C=O) groups excluding carboxylic acids is 1. The number of hydrogen-bond donors (Lipinski definition) is 1. The Bertz CT molecular complexity index is 926. The van der Waals surface area contributed by atoms with Crippen LogP contribution in [0.4, 0.5) is 9.39 Å². The van der Waals surface area contributed by atoms with Crippen LogP contribution in [0.15, 0.2) is 24.3 Å². The van der Waals surface area contributed by atoms with Gasteiger partial charge in [0.2, 0.25) is 5.91 Å². The van der Waals surface area contributed by atoms with Crippen molar-refractivity contribution < 1.29 is 9.18 Å². The molecule has 1 N–H and O–H groups in total.